The third kappa shape index (κ3) is 1.96. The van der Waals surface area contributed by atoms with E-state index in [2.05, 4.69) is 27.9 Å². The minimum atomic E-state index is -0.601. The molecule has 1 fully saturated rings. The molecule has 0 bridgehead atoms. The van der Waals surface area contributed by atoms with Crippen molar-refractivity contribution in [3.8, 4) is 0 Å². The number of fused-ring (bicyclic) bond motifs is 1. The van der Waals surface area contributed by atoms with E-state index in [1.54, 1.807) is 18.2 Å². The molecule has 7 heteroatoms. The number of nitrogens with zero attached hydrogens (tertiary/aromatic N) is 1. The molecule has 2 atom stereocenters. The maximum atomic E-state index is 12.5. The second-order valence-electron chi connectivity index (χ2n) is 4.86. The van der Waals surface area contributed by atoms with E-state index in [0.29, 0.717) is 17.7 Å². The number of carbonyl (C=O) groups is 3. The van der Waals surface area contributed by atoms with E-state index in [4.69, 9.17) is 5.73 Å². The van der Waals surface area contributed by atoms with Crippen molar-refractivity contribution in [3.63, 3.8) is 0 Å². The molecule has 0 aromatic heterocycles. The number of amides is 3. The van der Waals surface area contributed by atoms with Crippen LogP contribution in [0.1, 0.15) is 32.8 Å². The van der Waals surface area contributed by atoms with Gasteiger partial charge in [-0.05, 0) is 30.2 Å². The number of anilines is 1. The Labute approximate surface area is 128 Å². The Bertz CT molecular complexity index is 631. The van der Waals surface area contributed by atoms with Crippen molar-refractivity contribution in [3.05, 3.63) is 29.3 Å². The lowest BCUT2D eigenvalue weighted by Gasteiger charge is -2.32. The number of benzene rings is 1. The van der Waals surface area contributed by atoms with Crippen LogP contribution in [0.3, 0.4) is 0 Å². The van der Waals surface area contributed by atoms with Gasteiger partial charge >= 0.3 is 0 Å². The van der Waals surface area contributed by atoms with Gasteiger partial charge in [-0.2, -0.15) is 0 Å². The first-order valence-corrected chi connectivity index (χ1v) is 7.43. The van der Waals surface area contributed by atoms with Crippen LogP contribution in [0.15, 0.2) is 18.2 Å². The van der Waals surface area contributed by atoms with Crippen molar-refractivity contribution in [2.75, 3.05) is 5.73 Å². The fraction of sp³-hybridized carbons (Fsp3) is 0.308. The molecule has 2 aliphatic rings. The highest BCUT2D eigenvalue weighted by Crippen LogP contribution is 2.41. The highest BCUT2D eigenvalue weighted by molar-refractivity contribution is 14.1. The summed E-state index contributed by atoms with van der Waals surface area (Å²) in [7, 11) is 0. The molecule has 1 saturated heterocycles. The Kier molecular flexibility index (Phi) is 3.15. The number of hydrogen-bond donors (Lipinski definition) is 2. The largest absolute Gasteiger partial charge is 0.399 e. The average molecular weight is 385 g/mol. The van der Waals surface area contributed by atoms with E-state index >= 15 is 0 Å². The van der Waals surface area contributed by atoms with Crippen LogP contribution < -0.4 is 11.1 Å². The van der Waals surface area contributed by atoms with Crippen LogP contribution in [-0.4, -0.2) is 28.7 Å². The highest BCUT2D eigenvalue weighted by Gasteiger charge is 2.43. The molecule has 3 N–H and O–H groups in total. The minimum absolute atomic E-state index is 0.186. The number of halogens is 1. The van der Waals surface area contributed by atoms with Crippen LogP contribution in [0.4, 0.5) is 5.69 Å². The van der Waals surface area contributed by atoms with Crippen LogP contribution in [-0.2, 0) is 9.59 Å². The molecule has 2 unspecified atom stereocenters. The lowest BCUT2D eigenvalue weighted by molar-refractivity contribution is -0.136. The van der Waals surface area contributed by atoms with Gasteiger partial charge in [-0.25, -0.2) is 0 Å². The first kappa shape index (κ1) is 13.3. The van der Waals surface area contributed by atoms with Gasteiger partial charge in [0.2, 0.25) is 11.8 Å². The second kappa shape index (κ2) is 4.72. The van der Waals surface area contributed by atoms with Crippen molar-refractivity contribution < 1.29 is 14.4 Å². The zero-order valence-corrected chi connectivity index (χ0v) is 12.6. The topological polar surface area (TPSA) is 92.5 Å². The highest BCUT2D eigenvalue weighted by atomic mass is 127. The molecule has 1 aromatic carbocycles. The number of rotatable bonds is 1. The van der Waals surface area contributed by atoms with Crippen molar-refractivity contribution in [1.29, 1.82) is 0 Å². The maximum absolute atomic E-state index is 12.5. The van der Waals surface area contributed by atoms with Gasteiger partial charge in [0.25, 0.3) is 5.91 Å². The number of carbonyl (C=O) groups excluding carboxylic acids is 3. The number of hydrogen-bond acceptors (Lipinski definition) is 4. The fourth-order valence-electron chi connectivity index (χ4n) is 2.61. The zero-order valence-electron chi connectivity index (χ0n) is 10.4. The van der Waals surface area contributed by atoms with E-state index in [9.17, 15) is 14.4 Å². The van der Waals surface area contributed by atoms with Crippen LogP contribution in [0.25, 0.3) is 0 Å². The van der Waals surface area contributed by atoms with Gasteiger partial charge in [0.15, 0.2) is 0 Å². The van der Waals surface area contributed by atoms with Crippen LogP contribution >= 0.6 is 22.6 Å². The molecule has 3 rings (SSSR count). The van der Waals surface area contributed by atoms with E-state index in [1.807, 2.05) is 0 Å². The zero-order chi connectivity index (χ0) is 14.4. The number of imide groups is 1. The quantitative estimate of drug-likeness (QED) is 0.248. The minimum Gasteiger partial charge on any atom is -0.399 e. The number of nitrogens with one attached hydrogen (secondary N) is 1. The smallest absolute Gasteiger partial charge is 0.256 e. The lowest BCUT2D eigenvalue weighted by atomic mass is 10.0. The van der Waals surface area contributed by atoms with E-state index < -0.39 is 11.9 Å². The maximum Gasteiger partial charge on any atom is 0.256 e. The molecule has 0 spiro atoms. The Hall–Kier alpha value is -1.64. The van der Waals surface area contributed by atoms with Crippen molar-refractivity contribution in [1.82, 2.24) is 10.2 Å². The molecular formula is C13H12IN3O3. The number of piperidine rings is 1. The molecular weight excluding hydrogens is 373 g/mol. The third-order valence-electron chi connectivity index (χ3n) is 3.59. The van der Waals surface area contributed by atoms with Gasteiger partial charge in [0.05, 0.1) is 0 Å². The first-order chi connectivity index (χ1) is 9.49. The molecule has 1 aromatic rings. The summed E-state index contributed by atoms with van der Waals surface area (Å²) < 4.78 is -0.248. The van der Waals surface area contributed by atoms with Crippen LogP contribution in [0.2, 0.25) is 0 Å². The van der Waals surface area contributed by atoms with Crippen molar-refractivity contribution >= 4 is 46.0 Å². The predicted octanol–water partition coefficient (Wildman–Crippen LogP) is 0.963. The summed E-state index contributed by atoms with van der Waals surface area (Å²) in [5.74, 6) is -0.879. The molecule has 2 heterocycles. The standard InChI is InChI=1S/C13H12IN3O3/c14-11-8-5-6(15)1-2-7(8)13(20)17(11)9-3-4-10(18)16-12(9)19/h1-2,5,9,11H,3-4,15H2,(H,16,18,19). The lowest BCUT2D eigenvalue weighted by Crippen LogP contribution is -2.52. The number of alkyl halides is 1. The van der Waals surface area contributed by atoms with E-state index in [0.717, 1.165) is 5.56 Å². The summed E-state index contributed by atoms with van der Waals surface area (Å²) in [6, 6.07) is 4.52. The summed E-state index contributed by atoms with van der Waals surface area (Å²) in [5.41, 5.74) is 7.73. The third-order valence-corrected chi connectivity index (χ3v) is 4.86. The normalized spacial score (nSPS) is 25.6. The Balaban J connectivity index is 1.95. The van der Waals surface area contributed by atoms with E-state index in [1.165, 1.54) is 4.90 Å². The van der Waals surface area contributed by atoms with Gasteiger partial charge in [-0.15, -0.1) is 0 Å². The number of nitrogen functional groups attached to an aromatic ring is 1. The Morgan fingerprint density at radius 2 is 2.05 bits per heavy atom. The fourth-order valence-corrected chi connectivity index (χ4v) is 3.77. The molecule has 2 aliphatic heterocycles. The molecule has 3 amide bonds. The van der Waals surface area contributed by atoms with Gasteiger partial charge in [-0.1, -0.05) is 22.6 Å². The molecule has 104 valence electrons. The van der Waals surface area contributed by atoms with Crippen molar-refractivity contribution in [2.24, 2.45) is 0 Å². The Morgan fingerprint density at radius 1 is 1.30 bits per heavy atom. The van der Waals surface area contributed by atoms with E-state index in [-0.39, 0.29) is 22.3 Å². The monoisotopic (exact) mass is 385 g/mol. The molecule has 0 radical (unpaired) electrons. The molecule has 20 heavy (non-hydrogen) atoms. The molecule has 6 nitrogen and oxygen atoms in total. The molecule has 0 aliphatic carbocycles. The summed E-state index contributed by atoms with van der Waals surface area (Å²) in [5, 5.41) is 2.29. The van der Waals surface area contributed by atoms with Crippen LogP contribution in [0, 0.1) is 0 Å². The summed E-state index contributed by atoms with van der Waals surface area (Å²) >= 11 is 2.12. The Morgan fingerprint density at radius 3 is 2.75 bits per heavy atom. The van der Waals surface area contributed by atoms with Gasteiger partial charge < -0.3 is 10.6 Å². The number of nitrogens with two attached hydrogens (primary N) is 1. The second-order valence-corrected chi connectivity index (χ2v) is 6.04. The average Bonchev–Trinajstić information content (AvgIpc) is 2.63. The SMILES string of the molecule is Nc1ccc2c(c1)C(I)N(C1CCC(=O)NC1=O)C2=O. The van der Waals surface area contributed by atoms with Crippen LogP contribution in [0.5, 0.6) is 0 Å². The predicted molar refractivity (Wildman–Crippen MR) is 80.0 cm³/mol. The van der Waals surface area contributed by atoms with Gasteiger partial charge in [0, 0.05) is 17.7 Å². The summed E-state index contributed by atoms with van der Waals surface area (Å²) in [4.78, 5) is 37.1. The summed E-state index contributed by atoms with van der Waals surface area (Å²) in [6.07, 6.45) is 0.613. The van der Waals surface area contributed by atoms with Gasteiger partial charge in [-0.3, -0.25) is 19.7 Å². The molecule has 0 saturated carbocycles. The van der Waals surface area contributed by atoms with Crippen molar-refractivity contribution in [2.45, 2.75) is 22.9 Å². The summed E-state index contributed by atoms with van der Waals surface area (Å²) in [6.45, 7) is 0. The van der Waals surface area contributed by atoms with Gasteiger partial charge in [0.1, 0.15) is 10.1 Å². The first-order valence-electron chi connectivity index (χ1n) is 6.19.